The van der Waals surface area contributed by atoms with Gasteiger partial charge in [-0.3, -0.25) is 10.1 Å². The van der Waals surface area contributed by atoms with Crippen LogP contribution in [-0.2, 0) is 0 Å². The quantitative estimate of drug-likeness (QED) is 0.486. The van der Waals surface area contributed by atoms with Gasteiger partial charge in [-0.1, -0.05) is 12.1 Å². The zero-order valence-electron chi connectivity index (χ0n) is 7.37. The molecule has 0 unspecified atom stereocenters. The average Bonchev–Trinajstić information content (AvgIpc) is 2.07. The summed E-state index contributed by atoms with van der Waals surface area (Å²) in [5.74, 6) is 0. The molecule has 0 amide bonds. The van der Waals surface area contributed by atoms with E-state index in [1.165, 1.54) is 0 Å². The highest BCUT2D eigenvalue weighted by Gasteiger charge is 2.18. The highest BCUT2D eigenvalue weighted by molar-refractivity contribution is 5.57. The second-order valence-electron chi connectivity index (χ2n) is 2.79. The summed E-state index contributed by atoms with van der Waals surface area (Å²) in [7, 11) is 0. The molecule has 0 atom stereocenters. The molecule has 0 bridgehead atoms. The number of nitro groups is 1. The van der Waals surface area contributed by atoms with Gasteiger partial charge >= 0.3 is 0 Å². The van der Waals surface area contributed by atoms with Crippen molar-refractivity contribution in [1.29, 1.82) is 5.26 Å². The molecule has 0 aliphatic rings. The summed E-state index contributed by atoms with van der Waals surface area (Å²) in [4.78, 5) is 10.1. The van der Waals surface area contributed by atoms with Crippen LogP contribution in [0.15, 0.2) is 12.1 Å². The van der Waals surface area contributed by atoms with Crippen LogP contribution in [0.2, 0.25) is 0 Å². The van der Waals surface area contributed by atoms with Crippen molar-refractivity contribution in [3.8, 4) is 6.07 Å². The molecule has 1 aromatic carbocycles. The lowest BCUT2D eigenvalue weighted by Crippen LogP contribution is -1.97. The van der Waals surface area contributed by atoms with E-state index >= 15 is 0 Å². The fourth-order valence-electron chi connectivity index (χ4n) is 1.17. The molecule has 0 N–H and O–H groups in total. The lowest BCUT2D eigenvalue weighted by atomic mass is 10.0. The standard InChI is InChI=1S/C9H8N2O2/c1-6-3-4-7(2)9(11(12)13)8(6)5-10/h3-4H,1-2H3. The van der Waals surface area contributed by atoms with E-state index in [0.717, 1.165) is 0 Å². The summed E-state index contributed by atoms with van der Waals surface area (Å²) in [5, 5.41) is 19.3. The number of nitriles is 1. The number of benzene rings is 1. The molecule has 0 aliphatic carbocycles. The van der Waals surface area contributed by atoms with E-state index in [0.29, 0.717) is 11.1 Å². The van der Waals surface area contributed by atoms with Gasteiger partial charge in [0, 0.05) is 5.56 Å². The van der Waals surface area contributed by atoms with Crippen molar-refractivity contribution in [2.75, 3.05) is 0 Å². The monoisotopic (exact) mass is 176 g/mol. The Morgan fingerprint density at radius 2 is 1.92 bits per heavy atom. The maximum Gasteiger partial charge on any atom is 0.290 e. The van der Waals surface area contributed by atoms with Crippen LogP contribution < -0.4 is 0 Å². The molecule has 1 aromatic rings. The molecule has 13 heavy (non-hydrogen) atoms. The van der Waals surface area contributed by atoms with Gasteiger partial charge in [-0.25, -0.2) is 0 Å². The molecule has 0 heterocycles. The first-order chi connectivity index (χ1) is 6.07. The van der Waals surface area contributed by atoms with E-state index in [1.54, 1.807) is 26.0 Å². The van der Waals surface area contributed by atoms with Crippen LogP contribution in [0.5, 0.6) is 0 Å². The molecular weight excluding hydrogens is 168 g/mol. The first-order valence-corrected chi connectivity index (χ1v) is 3.72. The van der Waals surface area contributed by atoms with Crippen LogP contribution in [0.25, 0.3) is 0 Å². The Hall–Kier alpha value is -1.89. The Morgan fingerprint density at radius 1 is 1.38 bits per heavy atom. The molecule has 66 valence electrons. The maximum absolute atomic E-state index is 10.6. The normalized spacial score (nSPS) is 9.31. The number of nitrogens with zero attached hydrogens (tertiary/aromatic N) is 2. The van der Waals surface area contributed by atoms with E-state index in [2.05, 4.69) is 0 Å². The smallest absolute Gasteiger partial charge is 0.258 e. The number of hydrogen-bond donors (Lipinski definition) is 0. The largest absolute Gasteiger partial charge is 0.290 e. The second kappa shape index (κ2) is 3.23. The van der Waals surface area contributed by atoms with Gasteiger partial charge in [-0.05, 0) is 19.4 Å². The molecule has 4 heteroatoms. The molecule has 0 saturated heterocycles. The minimum Gasteiger partial charge on any atom is -0.258 e. The van der Waals surface area contributed by atoms with Gasteiger partial charge in [0.15, 0.2) is 0 Å². The Labute approximate surface area is 75.6 Å². The van der Waals surface area contributed by atoms with E-state index in [1.807, 2.05) is 6.07 Å². The van der Waals surface area contributed by atoms with Crippen LogP contribution >= 0.6 is 0 Å². The molecule has 0 aliphatic heterocycles. The highest BCUT2D eigenvalue weighted by Crippen LogP contribution is 2.25. The van der Waals surface area contributed by atoms with Crippen LogP contribution in [-0.4, -0.2) is 4.92 Å². The van der Waals surface area contributed by atoms with E-state index in [-0.39, 0.29) is 11.3 Å². The Bertz CT molecular complexity index is 405. The van der Waals surface area contributed by atoms with Crippen molar-refractivity contribution in [1.82, 2.24) is 0 Å². The van der Waals surface area contributed by atoms with Crippen molar-refractivity contribution in [3.05, 3.63) is 38.9 Å². The molecule has 4 nitrogen and oxygen atoms in total. The Kier molecular flexibility index (Phi) is 2.29. The minimum absolute atomic E-state index is 0.0810. The minimum atomic E-state index is -0.513. The van der Waals surface area contributed by atoms with Crippen LogP contribution in [0.1, 0.15) is 16.7 Å². The number of aryl methyl sites for hydroxylation is 2. The van der Waals surface area contributed by atoms with E-state index in [4.69, 9.17) is 5.26 Å². The molecular formula is C9H8N2O2. The average molecular weight is 176 g/mol. The third kappa shape index (κ3) is 1.49. The third-order valence-electron chi connectivity index (χ3n) is 1.88. The van der Waals surface area contributed by atoms with Crippen LogP contribution in [0.4, 0.5) is 5.69 Å². The van der Waals surface area contributed by atoms with Gasteiger partial charge in [0.1, 0.15) is 11.6 Å². The molecule has 1 rings (SSSR count). The van der Waals surface area contributed by atoms with Crippen molar-refractivity contribution in [2.45, 2.75) is 13.8 Å². The van der Waals surface area contributed by atoms with Crippen molar-refractivity contribution < 1.29 is 4.92 Å². The number of nitro benzene ring substituents is 1. The third-order valence-corrected chi connectivity index (χ3v) is 1.88. The Morgan fingerprint density at radius 3 is 2.31 bits per heavy atom. The summed E-state index contributed by atoms with van der Waals surface area (Å²) in [6.45, 7) is 3.31. The first-order valence-electron chi connectivity index (χ1n) is 3.72. The van der Waals surface area contributed by atoms with Gasteiger partial charge in [-0.2, -0.15) is 5.26 Å². The predicted molar refractivity (Wildman–Crippen MR) is 47.3 cm³/mol. The predicted octanol–water partition coefficient (Wildman–Crippen LogP) is 2.08. The SMILES string of the molecule is Cc1ccc(C)c([N+](=O)[O-])c1C#N. The molecule has 0 spiro atoms. The van der Waals surface area contributed by atoms with Gasteiger partial charge in [0.25, 0.3) is 5.69 Å². The van der Waals surface area contributed by atoms with E-state index < -0.39 is 4.92 Å². The van der Waals surface area contributed by atoms with Gasteiger partial charge in [0.2, 0.25) is 0 Å². The van der Waals surface area contributed by atoms with Gasteiger partial charge < -0.3 is 0 Å². The summed E-state index contributed by atoms with van der Waals surface area (Å²) in [6, 6.07) is 5.20. The lowest BCUT2D eigenvalue weighted by Gasteiger charge is -2.01. The zero-order chi connectivity index (χ0) is 10.0. The van der Waals surface area contributed by atoms with Crippen LogP contribution in [0.3, 0.4) is 0 Å². The fourth-order valence-corrected chi connectivity index (χ4v) is 1.17. The zero-order valence-corrected chi connectivity index (χ0v) is 7.37. The molecule has 0 radical (unpaired) electrons. The summed E-state index contributed by atoms with van der Waals surface area (Å²) >= 11 is 0. The summed E-state index contributed by atoms with van der Waals surface area (Å²) in [6.07, 6.45) is 0. The first kappa shape index (κ1) is 9.20. The fraction of sp³-hybridized carbons (Fsp3) is 0.222. The second-order valence-corrected chi connectivity index (χ2v) is 2.79. The molecule has 0 fully saturated rings. The van der Waals surface area contributed by atoms with Crippen LogP contribution in [0, 0.1) is 35.3 Å². The molecule has 0 saturated carbocycles. The van der Waals surface area contributed by atoms with Crippen molar-refractivity contribution in [2.24, 2.45) is 0 Å². The number of rotatable bonds is 1. The van der Waals surface area contributed by atoms with Gasteiger partial charge in [0.05, 0.1) is 4.92 Å². The topological polar surface area (TPSA) is 66.9 Å². The lowest BCUT2D eigenvalue weighted by molar-refractivity contribution is -0.385. The summed E-state index contributed by atoms with van der Waals surface area (Å²) < 4.78 is 0. The van der Waals surface area contributed by atoms with Crippen molar-refractivity contribution in [3.63, 3.8) is 0 Å². The maximum atomic E-state index is 10.6. The Balaban J connectivity index is 3.55. The van der Waals surface area contributed by atoms with E-state index in [9.17, 15) is 10.1 Å². The highest BCUT2D eigenvalue weighted by atomic mass is 16.6. The number of hydrogen-bond acceptors (Lipinski definition) is 3. The molecule has 0 aromatic heterocycles. The van der Waals surface area contributed by atoms with Crippen molar-refractivity contribution >= 4 is 5.69 Å². The summed E-state index contributed by atoms with van der Waals surface area (Å²) in [5.41, 5.74) is 1.24. The van der Waals surface area contributed by atoms with Gasteiger partial charge in [-0.15, -0.1) is 0 Å².